The van der Waals surface area contributed by atoms with E-state index in [1.54, 1.807) is 0 Å². The molecular formula is C63H38N4O2. The van der Waals surface area contributed by atoms with Crippen LogP contribution in [-0.2, 0) is 0 Å². The SMILES string of the molecule is c1ccc(-c2cccc(C3N=C(c4ccc5oc6ccccc6c5c4)N=C(c4c(-n5c6cc7ccccc7cc6c6cc7ccccc7cc65)c5oc6ccccc6c5c5ccccc45)N3)c2)cc1. The van der Waals surface area contributed by atoms with E-state index in [0.29, 0.717) is 11.7 Å². The second kappa shape index (κ2) is 14.6. The van der Waals surface area contributed by atoms with Crippen molar-refractivity contribution in [1.29, 1.82) is 0 Å². The Hall–Kier alpha value is -9.26. The van der Waals surface area contributed by atoms with Gasteiger partial charge in [0.05, 0.1) is 16.6 Å². The quantitative estimate of drug-likeness (QED) is 0.187. The van der Waals surface area contributed by atoms with E-state index < -0.39 is 6.17 Å². The lowest BCUT2D eigenvalue weighted by atomic mass is 9.95. The molecule has 1 aliphatic rings. The number of benzene rings is 11. The fourth-order valence-corrected chi connectivity index (χ4v) is 11.0. The molecule has 4 heterocycles. The monoisotopic (exact) mass is 882 g/mol. The molecular weight excluding hydrogens is 845 g/mol. The van der Waals surface area contributed by atoms with Crippen molar-refractivity contribution in [3.05, 3.63) is 235 Å². The van der Waals surface area contributed by atoms with Crippen molar-refractivity contribution in [1.82, 2.24) is 9.88 Å². The molecule has 0 fully saturated rings. The number of furan rings is 2. The van der Waals surface area contributed by atoms with Gasteiger partial charge in [-0.25, -0.2) is 9.98 Å². The van der Waals surface area contributed by atoms with Gasteiger partial charge in [0, 0.05) is 37.9 Å². The van der Waals surface area contributed by atoms with Crippen molar-refractivity contribution < 1.29 is 8.83 Å². The fourth-order valence-electron chi connectivity index (χ4n) is 11.0. The molecule has 0 aliphatic carbocycles. The van der Waals surface area contributed by atoms with Gasteiger partial charge in [-0.2, -0.15) is 0 Å². The third-order valence-corrected chi connectivity index (χ3v) is 14.2. The first kappa shape index (κ1) is 37.9. The van der Waals surface area contributed by atoms with Crippen molar-refractivity contribution in [2.45, 2.75) is 6.17 Å². The molecule has 1 N–H and O–H groups in total. The summed E-state index contributed by atoms with van der Waals surface area (Å²) in [5.41, 5.74) is 11.4. The van der Waals surface area contributed by atoms with Crippen molar-refractivity contribution in [2.75, 3.05) is 0 Å². The first-order chi connectivity index (χ1) is 34.2. The highest BCUT2D eigenvalue weighted by Crippen LogP contribution is 2.46. The van der Waals surface area contributed by atoms with Crippen LogP contribution in [0.3, 0.4) is 0 Å². The molecule has 0 spiro atoms. The van der Waals surface area contributed by atoms with Gasteiger partial charge < -0.3 is 18.7 Å². The maximum absolute atomic E-state index is 7.24. The summed E-state index contributed by atoms with van der Waals surface area (Å²) in [4.78, 5) is 11.2. The van der Waals surface area contributed by atoms with Crippen molar-refractivity contribution in [3.63, 3.8) is 0 Å². The van der Waals surface area contributed by atoms with Crippen LogP contribution < -0.4 is 5.32 Å². The Morgan fingerprint density at radius 3 is 1.71 bits per heavy atom. The second-order valence-corrected chi connectivity index (χ2v) is 18.1. The zero-order valence-corrected chi connectivity index (χ0v) is 37.0. The molecule has 322 valence electrons. The molecule has 0 saturated heterocycles. The Kier molecular flexibility index (Phi) is 8.03. The number of hydrogen-bond acceptors (Lipinski definition) is 5. The van der Waals surface area contributed by atoms with Crippen LogP contribution in [0.2, 0.25) is 0 Å². The molecule has 69 heavy (non-hydrogen) atoms. The average Bonchev–Trinajstić information content (AvgIpc) is 4.08. The molecule has 1 unspecified atom stereocenters. The van der Waals surface area contributed by atoms with E-state index in [-0.39, 0.29) is 0 Å². The highest BCUT2D eigenvalue weighted by atomic mass is 16.3. The van der Waals surface area contributed by atoms with Gasteiger partial charge in [-0.1, -0.05) is 158 Å². The average molecular weight is 883 g/mol. The third kappa shape index (κ3) is 5.79. The summed E-state index contributed by atoms with van der Waals surface area (Å²) in [5.74, 6) is 1.31. The van der Waals surface area contributed by atoms with E-state index in [1.165, 1.54) is 10.8 Å². The molecule has 15 rings (SSSR count). The van der Waals surface area contributed by atoms with Gasteiger partial charge in [0.15, 0.2) is 11.4 Å². The molecule has 3 aromatic heterocycles. The number of fused-ring (bicyclic) bond motifs is 13. The Morgan fingerprint density at radius 2 is 0.986 bits per heavy atom. The molecule has 0 bridgehead atoms. The third-order valence-electron chi connectivity index (χ3n) is 14.2. The van der Waals surface area contributed by atoms with Gasteiger partial charge in [-0.3, -0.25) is 0 Å². The zero-order chi connectivity index (χ0) is 45.2. The fraction of sp³-hybridized carbons (Fsp3) is 0.0159. The largest absolute Gasteiger partial charge is 0.456 e. The van der Waals surface area contributed by atoms with Crippen LogP contribution in [0.1, 0.15) is 22.9 Å². The highest BCUT2D eigenvalue weighted by Gasteiger charge is 2.31. The van der Waals surface area contributed by atoms with Crippen LogP contribution in [0.25, 0.3) is 115 Å². The van der Waals surface area contributed by atoms with Crippen LogP contribution >= 0.6 is 0 Å². The van der Waals surface area contributed by atoms with Gasteiger partial charge in [-0.15, -0.1) is 0 Å². The maximum atomic E-state index is 7.24. The van der Waals surface area contributed by atoms with E-state index in [9.17, 15) is 0 Å². The van der Waals surface area contributed by atoms with Gasteiger partial charge in [0.2, 0.25) is 0 Å². The predicted octanol–water partition coefficient (Wildman–Crippen LogP) is 16.2. The Bertz CT molecular complexity index is 4440. The minimum atomic E-state index is -0.503. The van der Waals surface area contributed by atoms with Crippen LogP contribution in [0.15, 0.2) is 237 Å². The van der Waals surface area contributed by atoms with Crippen molar-refractivity contribution in [3.8, 4) is 16.8 Å². The molecule has 0 saturated carbocycles. The van der Waals surface area contributed by atoms with Crippen molar-refractivity contribution >= 4 is 110 Å². The normalized spacial score (nSPS) is 14.2. The number of nitrogens with zero attached hydrogens (tertiary/aromatic N) is 3. The molecule has 1 aliphatic heterocycles. The van der Waals surface area contributed by atoms with Gasteiger partial charge in [0.1, 0.15) is 34.4 Å². The summed E-state index contributed by atoms with van der Waals surface area (Å²) in [5, 5.41) is 17.3. The first-order valence-corrected chi connectivity index (χ1v) is 23.4. The van der Waals surface area contributed by atoms with Crippen LogP contribution in [0, 0.1) is 0 Å². The number of amidine groups is 2. The Labute approximate surface area is 394 Å². The molecule has 11 aromatic carbocycles. The summed E-state index contributed by atoms with van der Waals surface area (Å²) in [6.45, 7) is 0. The lowest BCUT2D eigenvalue weighted by molar-refractivity contribution is 0.664. The molecule has 1 atom stereocenters. The summed E-state index contributed by atoms with van der Waals surface area (Å²) in [7, 11) is 0. The minimum Gasteiger partial charge on any atom is -0.456 e. The molecule has 0 amide bonds. The number of para-hydroxylation sites is 2. The second-order valence-electron chi connectivity index (χ2n) is 18.1. The van der Waals surface area contributed by atoms with E-state index in [1.807, 2.05) is 18.2 Å². The van der Waals surface area contributed by atoms with Gasteiger partial charge in [-0.05, 0) is 110 Å². The molecule has 6 nitrogen and oxygen atoms in total. The summed E-state index contributed by atoms with van der Waals surface area (Å²) < 4.78 is 16.0. The Balaban J connectivity index is 1.08. The van der Waals surface area contributed by atoms with Crippen molar-refractivity contribution in [2.24, 2.45) is 9.98 Å². The predicted molar refractivity (Wildman–Crippen MR) is 285 cm³/mol. The summed E-state index contributed by atoms with van der Waals surface area (Å²) >= 11 is 0. The topological polar surface area (TPSA) is 68.0 Å². The van der Waals surface area contributed by atoms with E-state index >= 15 is 0 Å². The van der Waals surface area contributed by atoms with Crippen LogP contribution in [0.5, 0.6) is 0 Å². The van der Waals surface area contributed by atoms with Gasteiger partial charge in [0.25, 0.3) is 0 Å². The standard InChI is InChI=1S/C63H38N4O2/c1-2-15-37(16-3-1)38-21-14-22-43(31-38)61-64-62(44-29-30-56-51(34-44)45-23-10-12-27-54(45)68-56)66-63(65-61)58-47-25-9-8-24-46(47)57-48-26-11-13-28-55(48)69-60(57)59(58)67-52-35-41-19-6-4-17-39(41)32-49(52)50-33-40-18-5-7-20-42(40)36-53(50)67/h1-36,61H,(H,64,65,66). The minimum absolute atomic E-state index is 0.503. The van der Waals surface area contributed by atoms with Gasteiger partial charge >= 0.3 is 0 Å². The van der Waals surface area contributed by atoms with Crippen LogP contribution in [0.4, 0.5) is 0 Å². The van der Waals surface area contributed by atoms with E-state index in [2.05, 4.69) is 210 Å². The smallest absolute Gasteiger partial charge is 0.160 e. The highest BCUT2D eigenvalue weighted by molar-refractivity contribution is 6.30. The van der Waals surface area contributed by atoms with Crippen LogP contribution in [-0.4, -0.2) is 16.2 Å². The number of nitrogens with one attached hydrogen (secondary N) is 1. The number of aliphatic imine (C=N–C) groups is 2. The number of aromatic nitrogens is 1. The summed E-state index contributed by atoms with van der Waals surface area (Å²) in [6.07, 6.45) is -0.503. The first-order valence-electron chi connectivity index (χ1n) is 23.4. The number of rotatable bonds is 5. The molecule has 14 aromatic rings. The molecule has 0 radical (unpaired) electrons. The zero-order valence-electron chi connectivity index (χ0n) is 37.0. The lowest BCUT2D eigenvalue weighted by Crippen LogP contribution is -2.34. The summed E-state index contributed by atoms with van der Waals surface area (Å²) in [6, 6.07) is 77.5. The van der Waals surface area contributed by atoms with E-state index in [0.717, 1.165) is 121 Å². The lowest BCUT2D eigenvalue weighted by Gasteiger charge is -2.26. The molecule has 6 heteroatoms. The Morgan fingerprint density at radius 1 is 0.406 bits per heavy atom. The maximum Gasteiger partial charge on any atom is 0.160 e. The van der Waals surface area contributed by atoms with E-state index in [4.69, 9.17) is 18.8 Å². The number of hydrogen-bond donors (Lipinski definition) is 1.